The topological polar surface area (TPSA) is 33.7 Å². The van der Waals surface area contributed by atoms with Gasteiger partial charge in [-0.05, 0) is 13.0 Å². The lowest BCUT2D eigenvalue weighted by Crippen LogP contribution is -2.46. The Morgan fingerprint density at radius 3 is 2.63 bits per heavy atom. The van der Waals surface area contributed by atoms with Gasteiger partial charge in [-0.2, -0.15) is 8.78 Å². The van der Waals surface area contributed by atoms with Crippen molar-refractivity contribution in [2.45, 2.75) is 19.6 Å². The quantitative estimate of drug-likeness (QED) is 0.891. The SMILES string of the molecule is CC(NN1CCOCC1)c1ccccc1OC(F)F. The molecule has 1 heterocycles. The van der Waals surface area contributed by atoms with Crippen LogP contribution in [0.25, 0.3) is 0 Å². The molecule has 1 aliphatic heterocycles. The number of hydrogen-bond acceptors (Lipinski definition) is 4. The van der Waals surface area contributed by atoms with Gasteiger partial charge in [0, 0.05) is 24.7 Å². The van der Waals surface area contributed by atoms with Gasteiger partial charge in [-0.1, -0.05) is 18.2 Å². The average molecular weight is 272 g/mol. The van der Waals surface area contributed by atoms with Crippen LogP contribution in [0, 0.1) is 0 Å². The molecule has 4 nitrogen and oxygen atoms in total. The normalized spacial score (nSPS) is 18.5. The van der Waals surface area contributed by atoms with E-state index in [2.05, 4.69) is 10.2 Å². The molecule has 1 atom stereocenters. The fraction of sp³-hybridized carbons (Fsp3) is 0.538. The van der Waals surface area contributed by atoms with Crippen LogP contribution < -0.4 is 10.2 Å². The first-order valence-corrected chi connectivity index (χ1v) is 6.29. The van der Waals surface area contributed by atoms with Gasteiger partial charge in [0.2, 0.25) is 0 Å². The number of benzene rings is 1. The largest absolute Gasteiger partial charge is 0.434 e. The maximum Gasteiger partial charge on any atom is 0.387 e. The van der Waals surface area contributed by atoms with Crippen LogP contribution >= 0.6 is 0 Å². The molecule has 0 saturated carbocycles. The van der Waals surface area contributed by atoms with Crippen molar-refractivity contribution in [1.29, 1.82) is 0 Å². The summed E-state index contributed by atoms with van der Waals surface area (Å²) in [5.74, 6) is 0.214. The predicted octanol–water partition coefficient (Wildman–Crippen LogP) is 2.19. The summed E-state index contributed by atoms with van der Waals surface area (Å²) >= 11 is 0. The Morgan fingerprint density at radius 2 is 1.95 bits per heavy atom. The zero-order valence-electron chi connectivity index (χ0n) is 10.8. The predicted molar refractivity (Wildman–Crippen MR) is 67.0 cm³/mol. The van der Waals surface area contributed by atoms with E-state index >= 15 is 0 Å². The number of nitrogens with one attached hydrogen (secondary N) is 1. The Balaban J connectivity index is 2.02. The molecule has 0 aromatic heterocycles. The zero-order chi connectivity index (χ0) is 13.7. The molecule has 19 heavy (non-hydrogen) atoms. The van der Waals surface area contributed by atoms with Gasteiger partial charge in [-0.15, -0.1) is 0 Å². The van der Waals surface area contributed by atoms with Crippen molar-refractivity contribution in [3.63, 3.8) is 0 Å². The van der Waals surface area contributed by atoms with E-state index in [1.54, 1.807) is 18.2 Å². The van der Waals surface area contributed by atoms with Gasteiger partial charge >= 0.3 is 6.61 Å². The fourth-order valence-electron chi connectivity index (χ4n) is 2.08. The third-order valence-corrected chi connectivity index (χ3v) is 2.99. The summed E-state index contributed by atoms with van der Waals surface area (Å²) < 4.78 is 34.5. The Hall–Kier alpha value is -1.24. The molecule has 0 bridgehead atoms. The molecule has 106 valence electrons. The molecule has 0 spiro atoms. The van der Waals surface area contributed by atoms with Gasteiger partial charge in [0.15, 0.2) is 0 Å². The molecular weight excluding hydrogens is 254 g/mol. The molecule has 1 fully saturated rings. The van der Waals surface area contributed by atoms with Crippen LogP contribution in [0.5, 0.6) is 5.75 Å². The summed E-state index contributed by atoms with van der Waals surface area (Å²) in [7, 11) is 0. The monoisotopic (exact) mass is 272 g/mol. The fourth-order valence-corrected chi connectivity index (χ4v) is 2.08. The standard InChI is InChI=1S/C13H18F2N2O2/c1-10(16-17-6-8-18-9-7-17)11-4-2-3-5-12(11)19-13(14)15/h2-5,10,13,16H,6-9H2,1H3. The minimum absolute atomic E-state index is 0.104. The van der Waals surface area contributed by atoms with Crippen molar-refractivity contribution in [1.82, 2.24) is 10.4 Å². The molecule has 0 aliphatic carbocycles. The average Bonchev–Trinajstić information content (AvgIpc) is 2.39. The zero-order valence-corrected chi connectivity index (χ0v) is 10.8. The van der Waals surface area contributed by atoms with Crippen molar-refractivity contribution in [2.24, 2.45) is 0 Å². The van der Waals surface area contributed by atoms with Crippen LogP contribution in [-0.2, 0) is 4.74 Å². The molecular formula is C13H18F2N2O2. The summed E-state index contributed by atoms with van der Waals surface area (Å²) in [6, 6.07) is 6.73. The highest BCUT2D eigenvalue weighted by Gasteiger charge is 2.18. The number of morpholine rings is 1. The molecule has 1 aromatic rings. The Morgan fingerprint density at radius 1 is 1.26 bits per heavy atom. The summed E-state index contributed by atoms with van der Waals surface area (Å²) in [6.45, 7) is 2.02. The van der Waals surface area contributed by atoms with E-state index in [1.807, 2.05) is 18.0 Å². The third-order valence-electron chi connectivity index (χ3n) is 2.99. The minimum atomic E-state index is -2.81. The Kier molecular flexibility index (Phi) is 5.07. The molecule has 1 unspecified atom stereocenters. The number of ether oxygens (including phenoxy) is 2. The van der Waals surface area contributed by atoms with E-state index in [0.717, 1.165) is 13.1 Å². The molecule has 2 rings (SSSR count). The highest BCUT2D eigenvalue weighted by atomic mass is 19.3. The second-order valence-corrected chi connectivity index (χ2v) is 4.37. The van der Waals surface area contributed by atoms with E-state index in [9.17, 15) is 8.78 Å². The van der Waals surface area contributed by atoms with Crippen LogP contribution in [0.2, 0.25) is 0 Å². The number of alkyl halides is 2. The Labute approximate surface area is 111 Å². The first-order chi connectivity index (χ1) is 9.16. The first kappa shape index (κ1) is 14.2. The number of hydrogen-bond donors (Lipinski definition) is 1. The molecule has 0 radical (unpaired) electrons. The summed E-state index contributed by atoms with van der Waals surface area (Å²) in [6.07, 6.45) is 0. The van der Waals surface area contributed by atoms with Crippen LogP contribution in [0.3, 0.4) is 0 Å². The van der Waals surface area contributed by atoms with Gasteiger partial charge in [0.05, 0.1) is 13.2 Å². The van der Waals surface area contributed by atoms with E-state index in [4.69, 9.17) is 4.74 Å². The lowest BCUT2D eigenvalue weighted by atomic mass is 10.1. The van der Waals surface area contributed by atoms with E-state index in [1.165, 1.54) is 0 Å². The van der Waals surface area contributed by atoms with Crippen LogP contribution in [0.1, 0.15) is 18.5 Å². The van der Waals surface area contributed by atoms with Gasteiger partial charge in [0.25, 0.3) is 0 Å². The molecule has 1 aromatic carbocycles. The Bertz CT molecular complexity index is 398. The first-order valence-electron chi connectivity index (χ1n) is 6.29. The number of nitrogens with zero attached hydrogens (tertiary/aromatic N) is 1. The van der Waals surface area contributed by atoms with Crippen LogP contribution in [-0.4, -0.2) is 37.9 Å². The molecule has 1 N–H and O–H groups in total. The summed E-state index contributed by atoms with van der Waals surface area (Å²) in [5.41, 5.74) is 3.99. The van der Waals surface area contributed by atoms with Gasteiger partial charge in [-0.25, -0.2) is 10.4 Å². The maximum atomic E-state index is 12.4. The molecule has 1 saturated heterocycles. The smallest absolute Gasteiger partial charge is 0.387 e. The van der Waals surface area contributed by atoms with Crippen molar-refractivity contribution in [3.8, 4) is 5.75 Å². The van der Waals surface area contributed by atoms with E-state index in [-0.39, 0.29) is 11.8 Å². The number of hydrazine groups is 1. The lowest BCUT2D eigenvalue weighted by molar-refractivity contribution is -0.0511. The second kappa shape index (κ2) is 6.79. The third kappa shape index (κ3) is 4.12. The maximum absolute atomic E-state index is 12.4. The number of rotatable bonds is 5. The molecule has 0 amide bonds. The minimum Gasteiger partial charge on any atom is -0.434 e. The second-order valence-electron chi connectivity index (χ2n) is 4.37. The summed E-state index contributed by atoms with van der Waals surface area (Å²) in [4.78, 5) is 0. The van der Waals surface area contributed by atoms with Crippen molar-refractivity contribution in [2.75, 3.05) is 26.3 Å². The van der Waals surface area contributed by atoms with E-state index in [0.29, 0.717) is 18.8 Å². The lowest BCUT2D eigenvalue weighted by Gasteiger charge is -2.30. The number of para-hydroxylation sites is 1. The van der Waals surface area contributed by atoms with E-state index < -0.39 is 6.61 Å². The van der Waals surface area contributed by atoms with Crippen LogP contribution in [0.15, 0.2) is 24.3 Å². The highest BCUT2D eigenvalue weighted by Crippen LogP contribution is 2.26. The number of halogens is 2. The van der Waals surface area contributed by atoms with Gasteiger partial charge < -0.3 is 9.47 Å². The van der Waals surface area contributed by atoms with Gasteiger partial charge in [0.1, 0.15) is 5.75 Å². The van der Waals surface area contributed by atoms with Crippen molar-refractivity contribution < 1.29 is 18.3 Å². The van der Waals surface area contributed by atoms with Gasteiger partial charge in [-0.3, -0.25) is 0 Å². The molecule has 6 heteroatoms. The summed E-state index contributed by atoms with van der Waals surface area (Å²) in [5, 5.41) is 2.04. The van der Waals surface area contributed by atoms with Crippen molar-refractivity contribution in [3.05, 3.63) is 29.8 Å². The molecule has 1 aliphatic rings. The highest BCUT2D eigenvalue weighted by molar-refractivity contribution is 5.35. The van der Waals surface area contributed by atoms with Crippen LogP contribution in [0.4, 0.5) is 8.78 Å². The van der Waals surface area contributed by atoms with Crippen molar-refractivity contribution >= 4 is 0 Å².